The van der Waals surface area contributed by atoms with E-state index in [1.807, 2.05) is 24.3 Å². The first kappa shape index (κ1) is 17.2. The Morgan fingerprint density at radius 3 is 2.62 bits per heavy atom. The van der Waals surface area contributed by atoms with Gasteiger partial charge in [-0.25, -0.2) is 4.98 Å². The van der Waals surface area contributed by atoms with Gasteiger partial charge in [0.1, 0.15) is 0 Å². The molecular weight excluding hydrogens is 384 g/mol. The number of nitrogens with zero attached hydrogens (tertiary/aromatic N) is 2. The van der Waals surface area contributed by atoms with Crippen molar-refractivity contribution in [2.75, 3.05) is 5.75 Å². The maximum absolute atomic E-state index is 13.2. The molecule has 1 heterocycles. The minimum atomic E-state index is -0.0249. The summed E-state index contributed by atoms with van der Waals surface area (Å²) >= 11 is 5.07. The van der Waals surface area contributed by atoms with Crippen LogP contribution >= 0.6 is 27.7 Å². The van der Waals surface area contributed by atoms with Crippen molar-refractivity contribution in [3.8, 4) is 5.69 Å². The molecule has 0 aliphatic rings. The van der Waals surface area contributed by atoms with E-state index in [1.165, 1.54) is 11.1 Å². The van der Waals surface area contributed by atoms with Gasteiger partial charge in [0.2, 0.25) is 0 Å². The quantitative estimate of drug-likeness (QED) is 0.440. The summed E-state index contributed by atoms with van der Waals surface area (Å²) in [6.07, 6.45) is 1.03. The van der Waals surface area contributed by atoms with Crippen molar-refractivity contribution in [2.45, 2.75) is 32.3 Å². The molecule has 2 aromatic carbocycles. The SMILES string of the molecule is CCCSc1nc2ccc(Br)cc2c(=O)n1-c1ccc(C)c(C)c1. The molecule has 0 unspecified atom stereocenters. The molecule has 3 aromatic rings. The number of aryl methyl sites for hydroxylation is 2. The summed E-state index contributed by atoms with van der Waals surface area (Å²) in [5.74, 6) is 0.930. The molecular formula is C19H19BrN2OS. The van der Waals surface area contributed by atoms with Crippen molar-refractivity contribution in [1.82, 2.24) is 9.55 Å². The maximum atomic E-state index is 13.2. The van der Waals surface area contributed by atoms with Crippen LogP contribution < -0.4 is 5.56 Å². The Labute approximate surface area is 154 Å². The monoisotopic (exact) mass is 402 g/mol. The van der Waals surface area contributed by atoms with Crippen molar-refractivity contribution in [3.05, 3.63) is 62.4 Å². The molecule has 0 amide bonds. The first-order valence-electron chi connectivity index (χ1n) is 7.94. The Kier molecular flexibility index (Phi) is 5.11. The first-order chi connectivity index (χ1) is 11.5. The average molecular weight is 403 g/mol. The van der Waals surface area contributed by atoms with Crippen molar-refractivity contribution in [2.24, 2.45) is 0 Å². The standard InChI is InChI=1S/C19H19BrN2OS/c1-4-9-24-19-21-17-8-6-14(20)11-16(17)18(23)22(19)15-7-5-12(2)13(3)10-15/h5-8,10-11H,4,9H2,1-3H3. The van der Waals surface area contributed by atoms with Crippen LogP contribution in [0.1, 0.15) is 24.5 Å². The normalized spacial score (nSPS) is 11.2. The number of aromatic nitrogens is 2. The van der Waals surface area contributed by atoms with Gasteiger partial charge in [-0.2, -0.15) is 0 Å². The minimum Gasteiger partial charge on any atom is -0.268 e. The lowest BCUT2D eigenvalue weighted by molar-refractivity contribution is 0.817. The fraction of sp³-hybridized carbons (Fsp3) is 0.263. The van der Waals surface area contributed by atoms with E-state index in [0.29, 0.717) is 5.39 Å². The molecule has 0 saturated carbocycles. The second-order valence-corrected chi connectivity index (χ2v) is 7.79. The largest absolute Gasteiger partial charge is 0.268 e. The van der Waals surface area contributed by atoms with Gasteiger partial charge in [-0.3, -0.25) is 9.36 Å². The smallest absolute Gasteiger partial charge is 0.266 e. The second kappa shape index (κ2) is 7.11. The van der Waals surface area contributed by atoms with Crippen LogP contribution in [0.25, 0.3) is 16.6 Å². The van der Waals surface area contributed by atoms with Crippen LogP contribution in [0.4, 0.5) is 0 Å². The van der Waals surface area contributed by atoms with Gasteiger partial charge in [0.25, 0.3) is 5.56 Å². The Bertz CT molecular complexity index is 965. The zero-order valence-electron chi connectivity index (χ0n) is 14.0. The molecule has 5 heteroatoms. The van der Waals surface area contributed by atoms with Crippen LogP contribution in [-0.2, 0) is 0 Å². The Hall–Kier alpha value is -1.59. The predicted octanol–water partition coefficient (Wildman–Crippen LogP) is 5.27. The van der Waals surface area contributed by atoms with E-state index in [-0.39, 0.29) is 5.56 Å². The number of halogens is 1. The number of hydrogen-bond donors (Lipinski definition) is 0. The van der Waals surface area contributed by atoms with Gasteiger partial charge in [0, 0.05) is 10.2 Å². The molecule has 24 heavy (non-hydrogen) atoms. The summed E-state index contributed by atoms with van der Waals surface area (Å²) in [7, 11) is 0. The van der Waals surface area contributed by atoms with Crippen LogP contribution in [0, 0.1) is 13.8 Å². The molecule has 124 valence electrons. The predicted molar refractivity (Wildman–Crippen MR) is 106 cm³/mol. The summed E-state index contributed by atoms with van der Waals surface area (Å²) in [4.78, 5) is 17.9. The van der Waals surface area contributed by atoms with Crippen molar-refractivity contribution in [3.63, 3.8) is 0 Å². The maximum Gasteiger partial charge on any atom is 0.266 e. The van der Waals surface area contributed by atoms with Gasteiger partial charge in [0.15, 0.2) is 5.16 Å². The van der Waals surface area contributed by atoms with Crippen molar-refractivity contribution < 1.29 is 0 Å². The van der Waals surface area contributed by atoms with Gasteiger partial charge < -0.3 is 0 Å². The third-order valence-corrected chi connectivity index (χ3v) is 5.62. The molecule has 0 atom stereocenters. The average Bonchev–Trinajstić information content (AvgIpc) is 2.56. The van der Waals surface area contributed by atoms with Gasteiger partial charge >= 0.3 is 0 Å². The van der Waals surface area contributed by atoms with Gasteiger partial charge in [-0.1, -0.05) is 40.7 Å². The molecule has 0 N–H and O–H groups in total. The van der Waals surface area contributed by atoms with E-state index < -0.39 is 0 Å². The molecule has 3 rings (SSSR count). The van der Waals surface area contributed by atoms with Crippen LogP contribution in [-0.4, -0.2) is 15.3 Å². The van der Waals surface area contributed by atoms with Gasteiger partial charge in [0.05, 0.1) is 16.6 Å². The Balaban J connectivity index is 2.31. The molecule has 0 saturated heterocycles. The van der Waals surface area contributed by atoms with E-state index in [1.54, 1.807) is 16.3 Å². The van der Waals surface area contributed by atoms with Crippen molar-refractivity contribution >= 4 is 38.6 Å². The van der Waals surface area contributed by atoms with E-state index in [4.69, 9.17) is 4.98 Å². The first-order valence-corrected chi connectivity index (χ1v) is 9.72. The summed E-state index contributed by atoms with van der Waals surface area (Å²) in [6.45, 7) is 6.27. The van der Waals surface area contributed by atoms with E-state index in [0.717, 1.165) is 33.0 Å². The third-order valence-electron chi connectivity index (χ3n) is 3.98. The molecule has 0 aliphatic heterocycles. The van der Waals surface area contributed by atoms with Crippen LogP contribution in [0.2, 0.25) is 0 Å². The lowest BCUT2D eigenvalue weighted by atomic mass is 10.1. The minimum absolute atomic E-state index is 0.0249. The van der Waals surface area contributed by atoms with Gasteiger partial charge in [-0.15, -0.1) is 0 Å². The molecule has 1 aromatic heterocycles. The zero-order chi connectivity index (χ0) is 17.3. The summed E-state index contributed by atoms with van der Waals surface area (Å²) in [6, 6.07) is 11.8. The van der Waals surface area contributed by atoms with Crippen LogP contribution in [0.3, 0.4) is 0 Å². The molecule has 0 bridgehead atoms. The van der Waals surface area contributed by atoms with E-state index in [2.05, 4.69) is 48.8 Å². The fourth-order valence-electron chi connectivity index (χ4n) is 2.52. The van der Waals surface area contributed by atoms with Crippen LogP contribution in [0.15, 0.2) is 50.8 Å². The highest BCUT2D eigenvalue weighted by molar-refractivity contribution is 9.10. The number of rotatable bonds is 4. The highest BCUT2D eigenvalue weighted by Crippen LogP contribution is 2.24. The van der Waals surface area contributed by atoms with Gasteiger partial charge in [-0.05, 0) is 61.7 Å². The Morgan fingerprint density at radius 2 is 1.92 bits per heavy atom. The number of thioether (sulfide) groups is 1. The third kappa shape index (κ3) is 3.28. The topological polar surface area (TPSA) is 34.9 Å². The summed E-state index contributed by atoms with van der Waals surface area (Å²) in [5.41, 5.74) is 3.97. The number of hydrogen-bond acceptors (Lipinski definition) is 3. The zero-order valence-corrected chi connectivity index (χ0v) is 16.4. The fourth-order valence-corrected chi connectivity index (χ4v) is 3.75. The molecule has 0 radical (unpaired) electrons. The highest BCUT2D eigenvalue weighted by Gasteiger charge is 2.14. The molecule has 0 fully saturated rings. The summed E-state index contributed by atoms with van der Waals surface area (Å²) < 4.78 is 2.62. The molecule has 3 nitrogen and oxygen atoms in total. The molecule has 0 aliphatic carbocycles. The lowest BCUT2D eigenvalue weighted by Gasteiger charge is -2.14. The highest BCUT2D eigenvalue weighted by atomic mass is 79.9. The number of benzene rings is 2. The summed E-state index contributed by atoms with van der Waals surface area (Å²) in [5, 5.41) is 1.38. The van der Waals surface area contributed by atoms with Crippen molar-refractivity contribution in [1.29, 1.82) is 0 Å². The Morgan fingerprint density at radius 1 is 1.12 bits per heavy atom. The van der Waals surface area contributed by atoms with E-state index in [9.17, 15) is 4.79 Å². The number of fused-ring (bicyclic) bond motifs is 1. The van der Waals surface area contributed by atoms with E-state index >= 15 is 0 Å². The second-order valence-electron chi connectivity index (χ2n) is 5.81. The lowest BCUT2D eigenvalue weighted by Crippen LogP contribution is -2.22. The molecule has 0 spiro atoms. The van der Waals surface area contributed by atoms with Crippen LogP contribution in [0.5, 0.6) is 0 Å².